The zero-order valence-electron chi connectivity index (χ0n) is 17.5. The molecule has 0 saturated heterocycles. The fourth-order valence-electron chi connectivity index (χ4n) is 3.35. The van der Waals surface area contributed by atoms with E-state index >= 15 is 0 Å². The number of sulfonamides is 1. The van der Waals surface area contributed by atoms with Crippen LogP contribution in [0.5, 0.6) is 0 Å². The number of halogens is 1. The third-order valence-electron chi connectivity index (χ3n) is 5.16. The highest BCUT2D eigenvalue weighted by Crippen LogP contribution is 2.32. The van der Waals surface area contributed by atoms with Crippen molar-refractivity contribution in [3.05, 3.63) is 94.3 Å². The maximum atomic E-state index is 13.0. The number of nitrogens with zero attached hydrogens (tertiary/aromatic N) is 2. The molecule has 0 unspecified atom stereocenters. The van der Waals surface area contributed by atoms with E-state index in [9.17, 15) is 13.2 Å². The number of benzene rings is 3. The van der Waals surface area contributed by atoms with Crippen LogP contribution in [0.1, 0.15) is 15.2 Å². The number of thiophene rings is 1. The molecule has 5 nitrogen and oxygen atoms in total. The zero-order chi connectivity index (χ0) is 22.9. The molecule has 3 aromatic carbocycles. The zero-order valence-corrected chi connectivity index (χ0v) is 19.9. The summed E-state index contributed by atoms with van der Waals surface area (Å²) in [5.41, 5.74) is 1.57. The monoisotopic (exact) mass is 484 g/mol. The number of hydrogen-bond acceptors (Lipinski definition) is 4. The van der Waals surface area contributed by atoms with Gasteiger partial charge in [-0.1, -0.05) is 41.9 Å². The number of rotatable bonds is 6. The molecule has 1 heterocycles. The van der Waals surface area contributed by atoms with E-state index in [0.717, 1.165) is 15.6 Å². The van der Waals surface area contributed by atoms with Crippen LogP contribution in [0, 0.1) is 0 Å². The average Bonchev–Trinajstić information content (AvgIpc) is 3.22. The van der Waals surface area contributed by atoms with Gasteiger partial charge in [-0.2, -0.15) is 0 Å². The van der Waals surface area contributed by atoms with E-state index in [0.29, 0.717) is 22.1 Å². The summed E-state index contributed by atoms with van der Waals surface area (Å²) in [6, 6.07) is 23.1. The normalized spacial score (nSPS) is 11.5. The molecule has 0 fully saturated rings. The van der Waals surface area contributed by atoms with Crippen molar-refractivity contribution < 1.29 is 13.2 Å². The Morgan fingerprint density at radius 2 is 1.62 bits per heavy atom. The summed E-state index contributed by atoms with van der Waals surface area (Å²) in [7, 11) is -0.446. The van der Waals surface area contributed by atoms with Crippen molar-refractivity contribution in [2.24, 2.45) is 0 Å². The van der Waals surface area contributed by atoms with Crippen LogP contribution in [0.25, 0.3) is 10.1 Å². The third kappa shape index (κ3) is 4.50. The second-order valence-electron chi connectivity index (χ2n) is 7.41. The second-order valence-corrected chi connectivity index (χ2v) is 10.9. The average molecular weight is 485 g/mol. The fourth-order valence-corrected chi connectivity index (χ4v) is 5.70. The molecule has 4 aromatic rings. The first kappa shape index (κ1) is 22.3. The molecule has 1 amide bonds. The lowest BCUT2D eigenvalue weighted by molar-refractivity contribution is 0.0790. The number of carbonyl (C=O) groups is 1. The van der Waals surface area contributed by atoms with Crippen molar-refractivity contribution in [2.45, 2.75) is 11.4 Å². The Balaban J connectivity index is 1.58. The maximum Gasteiger partial charge on any atom is 0.264 e. The molecule has 4 rings (SSSR count). The molecule has 164 valence electrons. The van der Waals surface area contributed by atoms with Gasteiger partial charge in [0.15, 0.2) is 0 Å². The lowest BCUT2D eigenvalue weighted by Gasteiger charge is -2.19. The number of hydrogen-bond donors (Lipinski definition) is 0. The minimum Gasteiger partial charge on any atom is -0.337 e. The van der Waals surface area contributed by atoms with Crippen molar-refractivity contribution in [2.75, 3.05) is 18.4 Å². The van der Waals surface area contributed by atoms with Crippen LogP contribution in [0.2, 0.25) is 5.02 Å². The Morgan fingerprint density at radius 3 is 2.31 bits per heavy atom. The van der Waals surface area contributed by atoms with Gasteiger partial charge in [-0.3, -0.25) is 9.10 Å². The first-order valence-electron chi connectivity index (χ1n) is 9.83. The Kier molecular flexibility index (Phi) is 6.24. The van der Waals surface area contributed by atoms with Crippen LogP contribution in [-0.4, -0.2) is 33.3 Å². The second kappa shape index (κ2) is 8.94. The van der Waals surface area contributed by atoms with Gasteiger partial charge in [0.1, 0.15) is 0 Å². The SMILES string of the molecule is CN(Cc1ccccc1)C(=O)c1cc2cc(N(C)S(=O)(=O)c3ccc(Cl)cc3)ccc2s1. The van der Waals surface area contributed by atoms with Gasteiger partial charge in [0.25, 0.3) is 15.9 Å². The largest absolute Gasteiger partial charge is 0.337 e. The van der Waals surface area contributed by atoms with Crippen LogP contribution < -0.4 is 4.31 Å². The molecule has 0 aliphatic heterocycles. The molecule has 8 heteroatoms. The van der Waals surface area contributed by atoms with Gasteiger partial charge < -0.3 is 4.90 Å². The van der Waals surface area contributed by atoms with Crippen molar-refractivity contribution in [3.63, 3.8) is 0 Å². The highest BCUT2D eigenvalue weighted by Gasteiger charge is 2.22. The molecule has 0 radical (unpaired) electrons. The van der Waals surface area contributed by atoms with Crippen LogP contribution in [0.15, 0.2) is 83.8 Å². The van der Waals surface area contributed by atoms with Crippen molar-refractivity contribution in [3.8, 4) is 0 Å². The molecule has 0 aliphatic carbocycles. The number of fused-ring (bicyclic) bond motifs is 1. The van der Waals surface area contributed by atoms with E-state index in [1.165, 1.54) is 34.8 Å². The maximum absolute atomic E-state index is 13.0. The third-order valence-corrected chi connectivity index (χ3v) is 8.31. The van der Waals surface area contributed by atoms with Gasteiger partial charge in [-0.05, 0) is 59.5 Å². The smallest absolute Gasteiger partial charge is 0.264 e. The molecule has 32 heavy (non-hydrogen) atoms. The Hall–Kier alpha value is -2.87. The van der Waals surface area contributed by atoms with Gasteiger partial charge in [-0.25, -0.2) is 8.42 Å². The standard InChI is InChI=1S/C24H21ClN2O3S2/c1-26(16-17-6-4-3-5-7-17)24(28)23-15-18-14-20(10-13-22(18)31-23)27(2)32(29,30)21-11-8-19(25)9-12-21/h3-15H,16H2,1-2H3. The van der Waals surface area contributed by atoms with Gasteiger partial charge in [0.05, 0.1) is 15.5 Å². The van der Waals surface area contributed by atoms with Gasteiger partial charge in [0, 0.05) is 30.4 Å². The minimum absolute atomic E-state index is 0.0706. The molecule has 0 aliphatic rings. The summed E-state index contributed by atoms with van der Waals surface area (Å²) in [6.45, 7) is 0.515. The van der Waals surface area contributed by atoms with Gasteiger partial charge in [-0.15, -0.1) is 11.3 Å². The lowest BCUT2D eigenvalue weighted by atomic mass is 10.2. The summed E-state index contributed by atoms with van der Waals surface area (Å²) in [5, 5.41) is 1.29. The van der Waals surface area contributed by atoms with Crippen LogP contribution in [0.4, 0.5) is 5.69 Å². The molecule has 0 spiro atoms. The van der Waals surface area contributed by atoms with Gasteiger partial charge in [0.2, 0.25) is 0 Å². The molecule has 1 aromatic heterocycles. The Bertz CT molecular complexity index is 1370. The summed E-state index contributed by atoms with van der Waals surface area (Å²) >= 11 is 7.28. The van der Waals surface area contributed by atoms with E-state index in [2.05, 4.69) is 0 Å². The quantitative estimate of drug-likeness (QED) is 0.355. The molecule has 0 N–H and O–H groups in total. The topological polar surface area (TPSA) is 57.7 Å². The first-order valence-corrected chi connectivity index (χ1v) is 12.5. The first-order chi connectivity index (χ1) is 15.3. The van der Waals surface area contributed by atoms with E-state index < -0.39 is 10.0 Å². The molecule has 0 bridgehead atoms. The molecular formula is C24H21ClN2O3S2. The number of carbonyl (C=O) groups excluding carboxylic acids is 1. The predicted molar refractivity (Wildman–Crippen MR) is 131 cm³/mol. The molecule has 0 atom stereocenters. The van der Waals surface area contributed by atoms with Crippen molar-refractivity contribution in [1.29, 1.82) is 0 Å². The molecule has 0 saturated carbocycles. The van der Waals surface area contributed by atoms with Crippen molar-refractivity contribution >= 4 is 54.6 Å². The summed E-state index contributed by atoms with van der Waals surface area (Å²) in [4.78, 5) is 15.4. The van der Waals surface area contributed by atoms with Crippen LogP contribution in [0.3, 0.4) is 0 Å². The Labute approximate surface area is 196 Å². The van der Waals surface area contributed by atoms with E-state index in [4.69, 9.17) is 11.6 Å². The highest BCUT2D eigenvalue weighted by molar-refractivity contribution is 7.92. The van der Waals surface area contributed by atoms with Crippen LogP contribution in [-0.2, 0) is 16.6 Å². The van der Waals surface area contributed by atoms with Gasteiger partial charge >= 0.3 is 0 Å². The summed E-state index contributed by atoms with van der Waals surface area (Å²) in [6.07, 6.45) is 0. The van der Waals surface area contributed by atoms with E-state index in [-0.39, 0.29) is 10.8 Å². The van der Waals surface area contributed by atoms with Crippen LogP contribution >= 0.6 is 22.9 Å². The van der Waals surface area contributed by atoms with E-state index in [1.54, 1.807) is 36.2 Å². The summed E-state index contributed by atoms with van der Waals surface area (Å²) < 4.78 is 28.1. The minimum atomic E-state index is -3.73. The number of amides is 1. The predicted octanol–water partition coefficient (Wildman–Crippen LogP) is 5.65. The fraction of sp³-hybridized carbons (Fsp3) is 0.125. The molecular weight excluding hydrogens is 464 g/mol. The Morgan fingerprint density at radius 1 is 0.938 bits per heavy atom. The lowest BCUT2D eigenvalue weighted by Crippen LogP contribution is -2.26. The van der Waals surface area contributed by atoms with E-state index in [1.807, 2.05) is 42.5 Å². The summed E-state index contributed by atoms with van der Waals surface area (Å²) in [5.74, 6) is -0.0706. The highest BCUT2D eigenvalue weighted by atomic mass is 35.5. The van der Waals surface area contributed by atoms with Crippen molar-refractivity contribution in [1.82, 2.24) is 4.90 Å². The number of anilines is 1.